The molecule has 0 fully saturated rings. The summed E-state index contributed by atoms with van der Waals surface area (Å²) in [5, 5.41) is 7.58. The van der Waals surface area contributed by atoms with Gasteiger partial charge in [-0.15, -0.1) is 0 Å². The van der Waals surface area contributed by atoms with E-state index in [0.717, 1.165) is 0 Å². The van der Waals surface area contributed by atoms with Crippen molar-refractivity contribution in [1.82, 2.24) is 0 Å². The van der Waals surface area contributed by atoms with Gasteiger partial charge in [0.2, 0.25) is 0 Å². The van der Waals surface area contributed by atoms with Gasteiger partial charge in [0.25, 0.3) is 0 Å². The average Bonchev–Trinajstić information content (AvgIpc) is 2.62. The second kappa shape index (κ2) is 6.34. The summed E-state index contributed by atoms with van der Waals surface area (Å²) in [7, 11) is 0.356. The maximum Gasteiger partial charge on any atom is 0.127 e. The first-order valence-electron chi connectivity index (χ1n) is 7.52. The van der Waals surface area contributed by atoms with E-state index in [1.807, 2.05) is 7.05 Å². The molecule has 3 rings (SSSR count). The first-order chi connectivity index (χ1) is 10.8. The van der Waals surface area contributed by atoms with Crippen molar-refractivity contribution in [1.29, 1.82) is 0 Å². The van der Waals surface area contributed by atoms with E-state index in [0.29, 0.717) is 0 Å². The monoisotopic (exact) mass is 306 g/mol. The number of para-hydroxylation sites is 1. The Kier molecular flexibility index (Phi) is 4.27. The zero-order chi connectivity index (χ0) is 15.4. The van der Waals surface area contributed by atoms with Gasteiger partial charge in [-0.05, 0) is 36.4 Å². The molecule has 1 nitrogen and oxygen atoms in total. The van der Waals surface area contributed by atoms with Gasteiger partial charge < -0.3 is 5.32 Å². The van der Waals surface area contributed by atoms with Crippen molar-refractivity contribution >= 4 is 28.9 Å². The fourth-order valence-corrected chi connectivity index (χ4v) is 6.40. The van der Waals surface area contributed by atoms with Crippen LogP contribution in [0.1, 0.15) is 0 Å². The Morgan fingerprint density at radius 1 is 0.636 bits per heavy atom. The number of anilines is 1. The highest BCUT2D eigenvalue weighted by Crippen LogP contribution is 2.52. The molecule has 2 heteroatoms. The van der Waals surface area contributed by atoms with Crippen LogP contribution in [-0.4, -0.2) is 13.7 Å². The molecule has 0 unspecified atom stereocenters. The molecule has 0 aliphatic rings. The van der Waals surface area contributed by atoms with Gasteiger partial charge in [-0.2, -0.15) is 0 Å². The molecule has 0 atom stereocenters. The maximum atomic E-state index is 3.37. The Balaban J connectivity index is 2.29. The van der Waals surface area contributed by atoms with Crippen molar-refractivity contribution in [3.8, 4) is 0 Å². The molecule has 0 saturated heterocycles. The first kappa shape index (κ1) is 14.8. The van der Waals surface area contributed by atoms with Crippen molar-refractivity contribution in [2.45, 2.75) is 0 Å². The van der Waals surface area contributed by atoms with Crippen LogP contribution in [0.5, 0.6) is 0 Å². The summed E-state index contributed by atoms with van der Waals surface area (Å²) >= 11 is 0. The number of nitrogens with one attached hydrogen (secondary N) is 1. The van der Waals surface area contributed by atoms with Crippen LogP contribution in [0.25, 0.3) is 0 Å². The number of hydrogen-bond donors (Lipinski definition) is 1. The summed E-state index contributed by atoms with van der Waals surface area (Å²) in [5.41, 5.74) is 1.21. The molecule has 0 heterocycles. The van der Waals surface area contributed by atoms with Gasteiger partial charge in [0.05, 0.1) is 12.4 Å². The van der Waals surface area contributed by atoms with Crippen LogP contribution in [0.3, 0.4) is 0 Å². The molecule has 0 saturated carbocycles. The standard InChI is InChI=1S/C20H21NP/c1-21-19-15-9-10-16-20(19)22(2,17-11-5-3-6-12-17)18-13-7-4-8-14-18/h3-16,21H,1-2H3/q+1. The Labute approximate surface area is 133 Å². The third-order valence-corrected chi connectivity index (χ3v) is 8.22. The van der Waals surface area contributed by atoms with E-state index in [1.54, 1.807) is 0 Å². The van der Waals surface area contributed by atoms with Crippen LogP contribution in [0, 0.1) is 0 Å². The Bertz CT molecular complexity index is 698. The zero-order valence-corrected chi connectivity index (χ0v) is 13.9. The molecule has 110 valence electrons. The van der Waals surface area contributed by atoms with Gasteiger partial charge in [0.15, 0.2) is 0 Å². The number of hydrogen-bond acceptors (Lipinski definition) is 1. The fourth-order valence-electron chi connectivity index (χ4n) is 2.95. The van der Waals surface area contributed by atoms with E-state index in [1.165, 1.54) is 21.6 Å². The van der Waals surface area contributed by atoms with Crippen LogP contribution in [0.2, 0.25) is 0 Å². The Morgan fingerprint density at radius 3 is 1.59 bits per heavy atom. The van der Waals surface area contributed by atoms with Crippen molar-refractivity contribution < 1.29 is 0 Å². The largest absolute Gasteiger partial charge is 0.385 e. The summed E-state index contributed by atoms with van der Waals surface area (Å²) in [6, 6.07) is 30.4. The highest BCUT2D eigenvalue weighted by molar-refractivity contribution is 7.95. The SMILES string of the molecule is CNc1ccccc1[P+](C)(c1ccccc1)c1ccccc1. The van der Waals surface area contributed by atoms with E-state index in [2.05, 4.69) is 96.9 Å². The summed E-state index contributed by atoms with van der Waals surface area (Å²) in [6.45, 7) is 2.41. The second-order valence-electron chi connectivity index (χ2n) is 5.44. The molecule has 0 amide bonds. The van der Waals surface area contributed by atoms with Gasteiger partial charge in [-0.25, -0.2) is 0 Å². The normalized spacial score (nSPS) is 11.2. The van der Waals surface area contributed by atoms with Gasteiger partial charge in [-0.1, -0.05) is 48.5 Å². The third kappa shape index (κ3) is 2.53. The average molecular weight is 306 g/mol. The molecular formula is C20H21NP+. The van der Waals surface area contributed by atoms with Crippen molar-refractivity contribution in [3.05, 3.63) is 84.9 Å². The predicted octanol–water partition coefficient (Wildman–Crippen LogP) is 3.65. The molecular weight excluding hydrogens is 285 g/mol. The molecule has 0 aromatic heterocycles. The molecule has 0 aliphatic heterocycles. The van der Waals surface area contributed by atoms with Crippen molar-refractivity contribution in [2.24, 2.45) is 0 Å². The summed E-state index contributed by atoms with van der Waals surface area (Å²) in [6.07, 6.45) is 0. The molecule has 0 spiro atoms. The zero-order valence-electron chi connectivity index (χ0n) is 13.0. The first-order valence-corrected chi connectivity index (χ1v) is 9.75. The van der Waals surface area contributed by atoms with Crippen LogP contribution in [-0.2, 0) is 0 Å². The minimum atomic E-state index is -1.64. The molecule has 1 N–H and O–H groups in total. The quantitative estimate of drug-likeness (QED) is 0.726. The van der Waals surface area contributed by atoms with Gasteiger partial charge >= 0.3 is 0 Å². The minimum absolute atomic E-state index is 1.21. The predicted molar refractivity (Wildman–Crippen MR) is 101 cm³/mol. The molecule has 0 aliphatic carbocycles. The van der Waals surface area contributed by atoms with Crippen LogP contribution >= 0.6 is 7.26 Å². The number of rotatable bonds is 4. The lowest BCUT2D eigenvalue weighted by Gasteiger charge is -2.25. The molecule has 22 heavy (non-hydrogen) atoms. The second-order valence-corrected chi connectivity index (χ2v) is 8.97. The molecule has 0 radical (unpaired) electrons. The summed E-state index contributed by atoms with van der Waals surface area (Å²) < 4.78 is 0. The van der Waals surface area contributed by atoms with Crippen LogP contribution in [0.4, 0.5) is 5.69 Å². The minimum Gasteiger partial charge on any atom is -0.385 e. The smallest absolute Gasteiger partial charge is 0.127 e. The van der Waals surface area contributed by atoms with Gasteiger partial charge in [0, 0.05) is 7.05 Å². The summed E-state index contributed by atoms with van der Waals surface area (Å²) in [5.74, 6) is 0. The highest BCUT2D eigenvalue weighted by atomic mass is 31.2. The molecule has 3 aromatic rings. The van der Waals surface area contributed by atoms with E-state index >= 15 is 0 Å². The Hall–Kier alpha value is -2.11. The van der Waals surface area contributed by atoms with E-state index in [4.69, 9.17) is 0 Å². The maximum absolute atomic E-state index is 3.37. The van der Waals surface area contributed by atoms with Gasteiger partial charge in [0.1, 0.15) is 23.2 Å². The Morgan fingerprint density at radius 2 is 1.09 bits per heavy atom. The third-order valence-electron chi connectivity index (χ3n) is 4.20. The van der Waals surface area contributed by atoms with E-state index in [9.17, 15) is 0 Å². The molecule has 0 bridgehead atoms. The van der Waals surface area contributed by atoms with Crippen molar-refractivity contribution in [3.63, 3.8) is 0 Å². The lowest BCUT2D eigenvalue weighted by molar-refractivity contribution is 1.54. The number of benzene rings is 3. The van der Waals surface area contributed by atoms with Gasteiger partial charge in [-0.3, -0.25) is 0 Å². The van der Waals surface area contributed by atoms with E-state index in [-0.39, 0.29) is 0 Å². The topological polar surface area (TPSA) is 12.0 Å². The lowest BCUT2D eigenvalue weighted by atomic mass is 10.3. The summed E-state index contributed by atoms with van der Waals surface area (Å²) in [4.78, 5) is 0. The van der Waals surface area contributed by atoms with E-state index < -0.39 is 7.26 Å². The highest BCUT2D eigenvalue weighted by Gasteiger charge is 2.41. The van der Waals surface area contributed by atoms with Crippen LogP contribution < -0.4 is 21.2 Å². The lowest BCUT2D eigenvalue weighted by Crippen LogP contribution is -2.31. The van der Waals surface area contributed by atoms with Crippen LogP contribution in [0.15, 0.2) is 84.9 Å². The fraction of sp³-hybridized carbons (Fsp3) is 0.100. The van der Waals surface area contributed by atoms with Crippen molar-refractivity contribution in [2.75, 3.05) is 19.0 Å². The molecule has 3 aromatic carbocycles.